The van der Waals surface area contributed by atoms with E-state index in [4.69, 9.17) is 9.47 Å². The molecule has 0 bridgehead atoms. The Morgan fingerprint density at radius 2 is 2.04 bits per heavy atom. The minimum Gasteiger partial charge on any atom is -0.507 e. The number of benzene rings is 1. The van der Waals surface area contributed by atoms with Crippen molar-refractivity contribution in [3.05, 3.63) is 41.5 Å². The van der Waals surface area contributed by atoms with Gasteiger partial charge in [0.15, 0.2) is 5.78 Å². The van der Waals surface area contributed by atoms with Gasteiger partial charge in [-0.2, -0.15) is 0 Å². The molecule has 1 fully saturated rings. The topological polar surface area (TPSA) is 76.1 Å². The van der Waals surface area contributed by atoms with Crippen LogP contribution in [0.3, 0.4) is 0 Å². The zero-order chi connectivity index (χ0) is 16.4. The van der Waals surface area contributed by atoms with Crippen LogP contribution in [0.2, 0.25) is 0 Å². The van der Waals surface area contributed by atoms with Crippen LogP contribution in [0.1, 0.15) is 42.1 Å². The van der Waals surface area contributed by atoms with Gasteiger partial charge in [0.05, 0.1) is 12.2 Å². The van der Waals surface area contributed by atoms with E-state index in [1.807, 2.05) is 13.0 Å². The maximum atomic E-state index is 12.4. The summed E-state index contributed by atoms with van der Waals surface area (Å²) in [7, 11) is 0. The summed E-state index contributed by atoms with van der Waals surface area (Å²) in [6.07, 6.45) is 5.71. The van der Waals surface area contributed by atoms with Crippen LogP contribution in [0.25, 0.3) is 0 Å². The number of esters is 1. The van der Waals surface area contributed by atoms with Crippen molar-refractivity contribution in [3.8, 4) is 5.75 Å². The third-order valence-electron chi connectivity index (χ3n) is 4.18. The minimum absolute atomic E-state index is 0.0618. The fourth-order valence-electron chi connectivity index (χ4n) is 2.95. The van der Waals surface area contributed by atoms with Crippen molar-refractivity contribution >= 4 is 11.8 Å². The summed E-state index contributed by atoms with van der Waals surface area (Å²) in [6.45, 7) is 1.81. The Labute approximate surface area is 134 Å². The van der Waals surface area contributed by atoms with Crippen molar-refractivity contribution in [1.82, 2.24) is 0 Å². The number of cyclic esters (lactones) is 1. The number of epoxide rings is 1. The van der Waals surface area contributed by atoms with Gasteiger partial charge in [0.2, 0.25) is 0 Å². The van der Waals surface area contributed by atoms with Gasteiger partial charge >= 0.3 is 5.97 Å². The zero-order valence-corrected chi connectivity index (χ0v) is 13.0. The monoisotopic (exact) mass is 316 g/mol. The van der Waals surface area contributed by atoms with E-state index in [0.717, 1.165) is 12.8 Å². The van der Waals surface area contributed by atoms with Crippen molar-refractivity contribution in [3.63, 3.8) is 0 Å². The number of phenolic OH excluding ortho intramolecular Hbond substituents is 1. The Kier molecular flexibility index (Phi) is 4.48. The maximum absolute atomic E-state index is 12.4. The fraction of sp³-hybridized carbons (Fsp3) is 0.444. The lowest BCUT2D eigenvalue weighted by Crippen LogP contribution is -2.19. The van der Waals surface area contributed by atoms with Crippen molar-refractivity contribution in [2.24, 2.45) is 0 Å². The molecule has 0 aromatic heterocycles. The molecule has 2 aliphatic heterocycles. The van der Waals surface area contributed by atoms with Crippen LogP contribution in [-0.4, -0.2) is 35.2 Å². The molecule has 0 saturated carbocycles. The molecule has 2 aliphatic rings. The molecule has 1 aromatic carbocycles. The highest BCUT2D eigenvalue weighted by atomic mass is 16.6. The molecule has 1 aromatic rings. The van der Waals surface area contributed by atoms with E-state index in [9.17, 15) is 14.7 Å². The van der Waals surface area contributed by atoms with Crippen LogP contribution < -0.4 is 0 Å². The zero-order valence-electron chi connectivity index (χ0n) is 13.0. The Hall–Kier alpha value is -2.14. The number of hydrogen-bond donors (Lipinski definition) is 1. The number of ketones is 1. The van der Waals surface area contributed by atoms with Crippen molar-refractivity contribution in [1.29, 1.82) is 0 Å². The standard InChI is InChI=1S/C18H20O5/c1-11-9-16-15(23-16)8-3-2-6-13(19)10-12-5-4-7-14(20)17(12)18(21)22-11/h2,4-7,11,15-16,20H,3,8-10H2,1H3/b6-2+/t11-,15-,16-/m0/s1. The highest BCUT2D eigenvalue weighted by Gasteiger charge is 2.39. The second-order valence-corrected chi connectivity index (χ2v) is 6.10. The van der Waals surface area contributed by atoms with Crippen molar-refractivity contribution in [2.75, 3.05) is 0 Å². The van der Waals surface area contributed by atoms with Gasteiger partial charge in [0.1, 0.15) is 17.4 Å². The van der Waals surface area contributed by atoms with Gasteiger partial charge in [-0.05, 0) is 37.5 Å². The molecule has 0 amide bonds. The number of fused-ring (bicyclic) bond motifs is 2. The van der Waals surface area contributed by atoms with Crippen LogP contribution in [-0.2, 0) is 20.7 Å². The number of carbonyl (C=O) groups is 2. The van der Waals surface area contributed by atoms with Gasteiger partial charge in [0, 0.05) is 12.8 Å². The van der Waals surface area contributed by atoms with E-state index in [2.05, 4.69) is 0 Å². The lowest BCUT2D eigenvalue weighted by atomic mass is 10.0. The van der Waals surface area contributed by atoms with E-state index >= 15 is 0 Å². The SMILES string of the molecule is C[C@H]1C[C@@H]2O[C@H]2CC/C=C/C(=O)Cc2cccc(O)c2C(=O)O1. The second-order valence-electron chi connectivity index (χ2n) is 6.10. The van der Waals surface area contributed by atoms with Crippen LogP contribution in [0.4, 0.5) is 0 Å². The summed E-state index contributed by atoms with van der Waals surface area (Å²) in [4.78, 5) is 24.4. The molecule has 1 N–H and O–H groups in total. The molecule has 3 rings (SSSR count). The predicted molar refractivity (Wildman–Crippen MR) is 83.3 cm³/mol. The van der Waals surface area contributed by atoms with Gasteiger partial charge in [-0.25, -0.2) is 4.79 Å². The number of ether oxygens (including phenoxy) is 2. The van der Waals surface area contributed by atoms with E-state index < -0.39 is 5.97 Å². The summed E-state index contributed by atoms with van der Waals surface area (Å²) in [5.74, 6) is -0.871. The number of hydrogen-bond acceptors (Lipinski definition) is 5. The van der Waals surface area contributed by atoms with E-state index in [1.54, 1.807) is 12.1 Å². The summed E-state index contributed by atoms with van der Waals surface area (Å²) < 4.78 is 11.0. The molecule has 5 nitrogen and oxygen atoms in total. The molecular weight excluding hydrogens is 296 g/mol. The van der Waals surface area contributed by atoms with E-state index in [0.29, 0.717) is 12.0 Å². The number of aromatic hydroxyl groups is 1. The fourth-order valence-corrected chi connectivity index (χ4v) is 2.95. The normalized spacial score (nSPS) is 29.7. The third kappa shape index (κ3) is 3.79. The van der Waals surface area contributed by atoms with E-state index in [1.165, 1.54) is 12.1 Å². The molecule has 0 radical (unpaired) electrons. The molecule has 5 heteroatoms. The van der Waals surface area contributed by atoms with Crippen LogP contribution in [0.15, 0.2) is 30.4 Å². The first-order valence-corrected chi connectivity index (χ1v) is 7.91. The lowest BCUT2D eigenvalue weighted by molar-refractivity contribution is -0.114. The molecule has 3 atom stereocenters. The summed E-state index contributed by atoms with van der Waals surface area (Å²) in [5, 5.41) is 10.0. The predicted octanol–water partition coefficient (Wildman–Crippen LogP) is 2.56. The number of rotatable bonds is 0. The molecule has 23 heavy (non-hydrogen) atoms. The molecule has 122 valence electrons. The Bertz CT molecular complexity index is 649. The van der Waals surface area contributed by atoms with Gasteiger partial charge < -0.3 is 14.6 Å². The van der Waals surface area contributed by atoms with Crippen molar-refractivity contribution in [2.45, 2.75) is 50.9 Å². The molecule has 2 heterocycles. The Morgan fingerprint density at radius 1 is 1.22 bits per heavy atom. The average molecular weight is 316 g/mol. The maximum Gasteiger partial charge on any atom is 0.342 e. The molecule has 0 unspecified atom stereocenters. The van der Waals surface area contributed by atoms with Crippen LogP contribution in [0, 0.1) is 0 Å². The van der Waals surface area contributed by atoms with Gasteiger partial charge in [0.25, 0.3) is 0 Å². The summed E-state index contributed by atoms with van der Waals surface area (Å²) >= 11 is 0. The Balaban J connectivity index is 1.88. The molecule has 1 saturated heterocycles. The summed E-state index contributed by atoms with van der Waals surface area (Å²) in [6, 6.07) is 4.71. The highest BCUT2D eigenvalue weighted by molar-refractivity contribution is 5.98. The molecule has 0 spiro atoms. The smallest absolute Gasteiger partial charge is 0.342 e. The number of allylic oxidation sites excluding steroid dienone is 2. The Morgan fingerprint density at radius 3 is 2.87 bits per heavy atom. The van der Waals surface area contributed by atoms with Gasteiger partial charge in [-0.3, -0.25) is 4.79 Å². The number of phenols is 1. The molecular formula is C18H20O5. The second kappa shape index (κ2) is 6.54. The first kappa shape index (κ1) is 15.7. The van der Waals surface area contributed by atoms with Gasteiger partial charge in [-0.15, -0.1) is 0 Å². The molecule has 0 aliphatic carbocycles. The minimum atomic E-state index is -0.600. The largest absolute Gasteiger partial charge is 0.507 e. The van der Waals surface area contributed by atoms with Crippen LogP contribution >= 0.6 is 0 Å². The lowest BCUT2D eigenvalue weighted by Gasteiger charge is -2.15. The average Bonchev–Trinajstić information content (AvgIpc) is 3.20. The summed E-state index contributed by atoms with van der Waals surface area (Å²) in [5.41, 5.74) is 0.556. The highest BCUT2D eigenvalue weighted by Crippen LogP contribution is 2.32. The first-order valence-electron chi connectivity index (χ1n) is 7.91. The van der Waals surface area contributed by atoms with E-state index in [-0.39, 0.29) is 41.8 Å². The third-order valence-corrected chi connectivity index (χ3v) is 4.18. The van der Waals surface area contributed by atoms with Crippen LogP contribution in [0.5, 0.6) is 5.75 Å². The van der Waals surface area contributed by atoms with Gasteiger partial charge in [-0.1, -0.05) is 18.2 Å². The van der Waals surface area contributed by atoms with Crippen molar-refractivity contribution < 1.29 is 24.2 Å². The number of carbonyl (C=O) groups excluding carboxylic acids is 2. The first-order chi connectivity index (χ1) is 11.0. The quantitative estimate of drug-likeness (QED) is 0.588.